The van der Waals surface area contributed by atoms with Crippen molar-refractivity contribution in [1.29, 1.82) is 5.26 Å². The van der Waals surface area contributed by atoms with Crippen molar-refractivity contribution in [3.63, 3.8) is 0 Å². The van der Waals surface area contributed by atoms with Crippen molar-refractivity contribution in [1.82, 2.24) is 19.7 Å². The molecule has 0 bridgehead atoms. The van der Waals surface area contributed by atoms with E-state index in [-0.39, 0.29) is 17.0 Å². The van der Waals surface area contributed by atoms with Gasteiger partial charge in [0.15, 0.2) is 17.8 Å². The second-order valence-electron chi connectivity index (χ2n) is 5.89. The summed E-state index contributed by atoms with van der Waals surface area (Å²) in [4.78, 5) is 4.10. The van der Waals surface area contributed by atoms with Crippen molar-refractivity contribution in [3.8, 4) is 23.3 Å². The van der Waals surface area contributed by atoms with Gasteiger partial charge in [0.05, 0.1) is 17.2 Å². The fourth-order valence-electron chi connectivity index (χ4n) is 2.64. The van der Waals surface area contributed by atoms with Crippen LogP contribution in [0.2, 0.25) is 0 Å². The zero-order valence-corrected chi connectivity index (χ0v) is 16.3. The molecular weight excluding hydrogens is 439 g/mol. The predicted molar refractivity (Wildman–Crippen MR) is 97.1 cm³/mol. The van der Waals surface area contributed by atoms with E-state index >= 15 is 0 Å². The van der Waals surface area contributed by atoms with Gasteiger partial charge >= 0.3 is 6.18 Å². The third kappa shape index (κ3) is 3.99. The molecule has 3 rings (SSSR count). The van der Waals surface area contributed by atoms with Crippen molar-refractivity contribution < 1.29 is 17.9 Å². The van der Waals surface area contributed by atoms with E-state index in [0.717, 1.165) is 10.5 Å². The highest BCUT2D eigenvalue weighted by Gasteiger charge is 2.35. The second-order valence-corrected chi connectivity index (χ2v) is 6.80. The van der Waals surface area contributed by atoms with Crippen LogP contribution >= 0.6 is 15.9 Å². The maximum absolute atomic E-state index is 13.5. The first-order chi connectivity index (χ1) is 13.2. The minimum atomic E-state index is -4.64. The van der Waals surface area contributed by atoms with Crippen molar-refractivity contribution in [2.75, 3.05) is 0 Å². The molecule has 2 heterocycles. The van der Waals surface area contributed by atoms with Crippen LogP contribution in [0.25, 0.3) is 11.4 Å². The molecule has 0 aliphatic heterocycles. The molecule has 6 nitrogen and oxygen atoms in total. The van der Waals surface area contributed by atoms with Crippen molar-refractivity contribution in [2.45, 2.75) is 19.2 Å². The minimum absolute atomic E-state index is 0.0195. The van der Waals surface area contributed by atoms with E-state index in [0.29, 0.717) is 11.7 Å². The van der Waals surface area contributed by atoms with Gasteiger partial charge in [-0.05, 0) is 47.1 Å². The van der Waals surface area contributed by atoms with Crippen LogP contribution in [0.3, 0.4) is 0 Å². The number of ether oxygens (including phenoxy) is 1. The molecule has 0 saturated heterocycles. The lowest BCUT2D eigenvalue weighted by Crippen LogP contribution is -2.12. The van der Waals surface area contributed by atoms with Crippen LogP contribution < -0.4 is 4.74 Å². The van der Waals surface area contributed by atoms with Crippen LogP contribution in [0.15, 0.2) is 41.0 Å². The van der Waals surface area contributed by atoms with E-state index < -0.39 is 17.8 Å². The van der Waals surface area contributed by atoms with E-state index in [1.54, 1.807) is 38.4 Å². The van der Waals surface area contributed by atoms with Crippen LogP contribution in [0.4, 0.5) is 13.2 Å². The molecule has 0 unspecified atom stereocenters. The third-order valence-electron chi connectivity index (χ3n) is 3.96. The Kier molecular flexibility index (Phi) is 5.38. The molecule has 28 heavy (non-hydrogen) atoms. The van der Waals surface area contributed by atoms with Gasteiger partial charge in [-0.1, -0.05) is 0 Å². The van der Waals surface area contributed by atoms with Gasteiger partial charge in [0.25, 0.3) is 0 Å². The summed E-state index contributed by atoms with van der Waals surface area (Å²) in [6, 6.07) is 8.45. The topological polar surface area (TPSA) is 76.6 Å². The molecule has 0 amide bonds. The summed E-state index contributed by atoms with van der Waals surface area (Å²) in [6.07, 6.45) is -3.68. The molecule has 0 saturated carbocycles. The maximum atomic E-state index is 13.5. The highest BCUT2D eigenvalue weighted by molar-refractivity contribution is 9.10. The first-order valence-corrected chi connectivity index (χ1v) is 8.79. The van der Waals surface area contributed by atoms with Crippen molar-refractivity contribution in [2.24, 2.45) is 7.05 Å². The molecule has 0 fully saturated rings. The first-order valence-electron chi connectivity index (χ1n) is 8.00. The Morgan fingerprint density at radius 1 is 1.21 bits per heavy atom. The number of pyridine rings is 1. The predicted octanol–water partition coefficient (Wildman–Crippen LogP) is 4.67. The van der Waals surface area contributed by atoms with Gasteiger partial charge in [0.1, 0.15) is 0 Å². The highest BCUT2D eigenvalue weighted by atomic mass is 79.9. The fraction of sp³-hybridized carbons (Fsp3) is 0.222. The van der Waals surface area contributed by atoms with E-state index in [1.165, 1.54) is 16.7 Å². The van der Waals surface area contributed by atoms with E-state index in [9.17, 15) is 13.2 Å². The number of nitrogens with zero attached hydrogens (tertiary/aromatic N) is 5. The Morgan fingerprint density at radius 2 is 1.96 bits per heavy atom. The van der Waals surface area contributed by atoms with Gasteiger partial charge in [-0.15, -0.1) is 10.2 Å². The first kappa shape index (κ1) is 19.8. The number of rotatable bonds is 4. The minimum Gasteiger partial charge on any atom is -0.466 e. The largest absolute Gasteiger partial charge is 0.466 e. The van der Waals surface area contributed by atoms with Crippen LogP contribution in [-0.4, -0.2) is 19.7 Å². The third-order valence-corrected chi connectivity index (χ3v) is 4.43. The van der Waals surface area contributed by atoms with Crippen LogP contribution in [-0.2, 0) is 13.2 Å². The molecule has 3 aromatic rings. The number of hydrogen-bond donors (Lipinski definition) is 0. The smallest absolute Gasteiger partial charge is 0.417 e. The molecule has 0 aliphatic carbocycles. The zero-order valence-electron chi connectivity index (χ0n) is 14.7. The summed E-state index contributed by atoms with van der Waals surface area (Å²) < 4.78 is 48.3. The van der Waals surface area contributed by atoms with Gasteiger partial charge in [-0.2, -0.15) is 18.4 Å². The van der Waals surface area contributed by atoms with E-state index in [2.05, 4.69) is 31.1 Å². The van der Waals surface area contributed by atoms with Crippen LogP contribution in [0.1, 0.15) is 30.0 Å². The SMILES string of the molecule is C[C@H](Oc1ccc(Br)cn1)c1nnc(-c2ccc(C#N)cc2C(F)(F)F)n1C. The quantitative estimate of drug-likeness (QED) is 0.575. The molecule has 0 spiro atoms. The molecule has 0 radical (unpaired) electrons. The van der Waals surface area contributed by atoms with Gasteiger partial charge < -0.3 is 9.30 Å². The van der Waals surface area contributed by atoms with Crippen LogP contribution in [0, 0.1) is 11.3 Å². The Balaban J connectivity index is 1.97. The van der Waals surface area contributed by atoms with Gasteiger partial charge in [0.2, 0.25) is 5.88 Å². The fourth-order valence-corrected chi connectivity index (χ4v) is 2.87. The molecule has 0 N–H and O–H groups in total. The molecule has 10 heteroatoms. The monoisotopic (exact) mass is 451 g/mol. The molecule has 1 atom stereocenters. The van der Waals surface area contributed by atoms with Crippen molar-refractivity contribution >= 4 is 15.9 Å². The number of halogens is 4. The Morgan fingerprint density at radius 3 is 2.57 bits per heavy atom. The molecular formula is C18H13BrF3N5O. The molecule has 144 valence electrons. The Hall–Kier alpha value is -2.93. The number of benzene rings is 1. The Labute approximate surface area is 166 Å². The number of alkyl halides is 3. The van der Waals surface area contributed by atoms with E-state index in [1.807, 2.05) is 0 Å². The number of aromatic nitrogens is 4. The lowest BCUT2D eigenvalue weighted by molar-refractivity contribution is -0.137. The molecule has 1 aromatic carbocycles. The number of hydrogen-bond acceptors (Lipinski definition) is 5. The summed E-state index contributed by atoms with van der Waals surface area (Å²) in [5.74, 6) is 0.692. The average Bonchev–Trinajstić information content (AvgIpc) is 3.03. The van der Waals surface area contributed by atoms with Crippen molar-refractivity contribution in [3.05, 3.63) is 58.0 Å². The maximum Gasteiger partial charge on any atom is 0.417 e. The lowest BCUT2D eigenvalue weighted by Gasteiger charge is -2.15. The van der Waals surface area contributed by atoms with Gasteiger partial charge in [-0.3, -0.25) is 0 Å². The summed E-state index contributed by atoms with van der Waals surface area (Å²) in [5, 5.41) is 16.8. The Bertz CT molecular complexity index is 1040. The molecule has 2 aromatic heterocycles. The lowest BCUT2D eigenvalue weighted by atomic mass is 10.0. The standard InChI is InChI=1S/C18H13BrF3N5O/c1-10(28-15-6-4-12(19)9-24-15)16-25-26-17(27(16)2)13-5-3-11(8-23)7-14(13)18(20,21)22/h3-7,9-10H,1-2H3/t10-/m0/s1. The summed E-state index contributed by atoms with van der Waals surface area (Å²) in [5.41, 5.74) is -1.20. The summed E-state index contributed by atoms with van der Waals surface area (Å²) >= 11 is 3.27. The second kappa shape index (κ2) is 7.59. The van der Waals surface area contributed by atoms with Crippen LogP contribution in [0.5, 0.6) is 5.88 Å². The normalized spacial score (nSPS) is 12.5. The highest BCUT2D eigenvalue weighted by Crippen LogP contribution is 2.37. The van der Waals surface area contributed by atoms with Gasteiger partial charge in [-0.25, -0.2) is 4.98 Å². The van der Waals surface area contributed by atoms with Gasteiger partial charge in [0, 0.05) is 29.3 Å². The van der Waals surface area contributed by atoms with E-state index in [4.69, 9.17) is 10.00 Å². The zero-order chi connectivity index (χ0) is 20.5. The molecule has 0 aliphatic rings. The summed E-state index contributed by atoms with van der Waals surface area (Å²) in [6.45, 7) is 1.70. The summed E-state index contributed by atoms with van der Waals surface area (Å²) in [7, 11) is 1.55. The average molecular weight is 452 g/mol. The number of nitriles is 1.